The number of hydrogen-bond donors (Lipinski definition) is 6. The summed E-state index contributed by atoms with van der Waals surface area (Å²) in [5, 5.41) is 17.7. The molecule has 0 spiro atoms. The number of allylic oxidation sites excluding steroid dienone is 1. The van der Waals surface area contributed by atoms with Gasteiger partial charge in [-0.2, -0.15) is 0 Å². The largest absolute Gasteiger partial charge is 0.356 e. The van der Waals surface area contributed by atoms with Crippen LogP contribution in [-0.2, 0) is 95.4 Å². The number of hydrogen-bond acceptors (Lipinski definition) is 12. The number of likely N-dealkylation sites (tertiary alicyclic amines) is 1. The molecule has 6 amide bonds. The number of benzene rings is 8. The van der Waals surface area contributed by atoms with Gasteiger partial charge in [0.1, 0.15) is 36.6 Å². The third-order valence-corrected chi connectivity index (χ3v) is 22.9. The van der Waals surface area contributed by atoms with Crippen LogP contribution in [0.5, 0.6) is 0 Å². The number of para-hydroxylation sites is 5. The van der Waals surface area contributed by atoms with Crippen molar-refractivity contribution in [2.45, 2.75) is 152 Å². The van der Waals surface area contributed by atoms with Gasteiger partial charge in [-0.05, 0) is 147 Å². The highest BCUT2D eigenvalue weighted by molar-refractivity contribution is 6.09. The molecule has 20 rings (SSSR count). The molecule has 7 aliphatic heterocycles. The van der Waals surface area contributed by atoms with E-state index in [-0.39, 0.29) is 50.3 Å². The van der Waals surface area contributed by atoms with Gasteiger partial charge in [0.2, 0.25) is 17.4 Å². The van der Waals surface area contributed by atoms with Crippen LogP contribution in [-0.4, -0.2) is 158 Å². The third kappa shape index (κ3) is 17.7. The van der Waals surface area contributed by atoms with Crippen molar-refractivity contribution in [1.29, 1.82) is 0 Å². The molecule has 24 heteroatoms. The minimum absolute atomic E-state index is 0. The highest BCUT2D eigenvalue weighted by Gasteiger charge is 2.30. The minimum atomic E-state index is -0.0651. The van der Waals surface area contributed by atoms with Crippen LogP contribution in [0.4, 0.5) is 0 Å². The van der Waals surface area contributed by atoms with E-state index in [1.165, 1.54) is 59.3 Å². The lowest BCUT2D eigenvalue weighted by atomic mass is 10.1. The Balaban J connectivity index is 0.000000122. The molecule has 12 heterocycles. The Labute approximate surface area is 688 Å². The Morgan fingerprint density at radius 2 is 0.754 bits per heavy atom. The van der Waals surface area contributed by atoms with Gasteiger partial charge in [0, 0.05) is 123 Å². The van der Waals surface area contributed by atoms with Gasteiger partial charge in [0.25, 0.3) is 29.5 Å². The first-order valence-corrected chi connectivity index (χ1v) is 41.0. The van der Waals surface area contributed by atoms with Crippen molar-refractivity contribution in [2.24, 2.45) is 0 Å². The van der Waals surface area contributed by atoms with Crippen LogP contribution in [0.25, 0.3) is 60.9 Å². The highest BCUT2D eigenvalue weighted by Crippen LogP contribution is 2.31. The molecule has 6 N–H and O–H groups in total. The maximum absolute atomic E-state index is 12.3. The summed E-state index contributed by atoms with van der Waals surface area (Å²) in [6.45, 7) is 17.4. The molecule has 1 saturated heterocycles. The van der Waals surface area contributed by atoms with Gasteiger partial charge in [0.15, 0.2) is 0 Å². The summed E-state index contributed by atoms with van der Waals surface area (Å²) < 4.78 is 12.9. The molecule has 5 aromatic heterocycles. The van der Waals surface area contributed by atoms with E-state index in [1.807, 2.05) is 98.0 Å². The van der Waals surface area contributed by atoms with Crippen LogP contribution in [0.2, 0.25) is 0 Å². The third-order valence-electron chi connectivity index (χ3n) is 22.9. The van der Waals surface area contributed by atoms with E-state index in [1.54, 1.807) is 0 Å². The Kier molecular flexibility index (Phi) is 25.7. The lowest BCUT2D eigenvalue weighted by molar-refractivity contribution is -0.388. The molecule has 0 atom stereocenters. The lowest BCUT2D eigenvalue weighted by Crippen LogP contribution is -2.26. The molecule has 0 radical (unpaired) electrons. The number of rotatable bonds is 17. The van der Waals surface area contributed by atoms with Gasteiger partial charge in [-0.25, -0.2) is 29.5 Å². The molecular formula is C94H107N18O6+. The van der Waals surface area contributed by atoms with E-state index in [4.69, 9.17) is 15.0 Å². The summed E-state index contributed by atoms with van der Waals surface area (Å²) in [7, 11) is 2.03. The van der Waals surface area contributed by atoms with Crippen LogP contribution in [0, 0.1) is 6.92 Å². The number of carbonyl (C=O) groups is 6. The zero-order chi connectivity index (χ0) is 79.8. The Morgan fingerprint density at radius 3 is 1.16 bits per heavy atom. The fourth-order valence-electron chi connectivity index (χ4n) is 16.8. The number of aromatic nitrogens is 10. The molecular weight excluding hydrogens is 1480 g/mol. The second-order valence-corrected chi connectivity index (χ2v) is 30.5. The van der Waals surface area contributed by atoms with Crippen LogP contribution >= 0.6 is 0 Å². The van der Waals surface area contributed by atoms with Crippen molar-refractivity contribution in [3.05, 3.63) is 260 Å². The van der Waals surface area contributed by atoms with E-state index in [0.29, 0.717) is 69.8 Å². The summed E-state index contributed by atoms with van der Waals surface area (Å²) in [4.78, 5) is 99.0. The standard InChI is InChI=1S/C23H26N4O.C22H24N4O2.C20H21N3O.C15H14N4O.C12H13N3O.2CH4/c28-23-19-4-3-5-20-22(19)27(15-12-24-23)21(25-20)11-10-17-6-8-18(9-7-17)16-26-13-1-2-14-26;1-15-5-7-16(8-6-15)11-12-23-20(27)10-9-19-25-18-4-2-3-17-21(18)26(19)14-13-24-22(17)28;1-2-14-6-8-15(9-7-14)10-11-18-22-17-5-3-4-16-19(17)23(18)13-12-21-20(16)24;1-18-8-3-6-12(18)14-17-11-5-2-4-10-13(11)19(14)9-7-16-15(10)20;1-2-10-14-9-5-3-4-8-11(9)15(10)7-6-13-12(8)16;;/h3-9H,1-2,10-16H2,(H,24,28);2-8H,9-14H2,1H3,(H,23,27)(H,24,28);3-9H,2,10-13H2,1H3,(H,21,24);2,4-6,8H,3,7,9H2,1H3;3-5H,2,6-7H2,1H3,(H,13,16);2*1H4/p+1. The highest BCUT2D eigenvalue weighted by atomic mass is 16.2. The first-order chi connectivity index (χ1) is 56.7. The van der Waals surface area contributed by atoms with Crippen molar-refractivity contribution < 1.29 is 33.3 Å². The molecule has 8 aromatic carbocycles. The monoisotopic (exact) mass is 1580 g/mol. The molecule has 24 nitrogen and oxygen atoms in total. The van der Waals surface area contributed by atoms with E-state index >= 15 is 0 Å². The maximum atomic E-state index is 12.3. The number of amides is 6. The number of carbonyl (C=O) groups excluding carboxylic acids is 6. The second-order valence-electron chi connectivity index (χ2n) is 30.5. The molecule has 0 unspecified atom stereocenters. The fraction of sp³-hybridized carbons (Fsp3) is 0.340. The van der Waals surface area contributed by atoms with Gasteiger partial charge >= 0.3 is 0 Å². The molecule has 0 aliphatic carbocycles. The second kappa shape index (κ2) is 37.1. The molecule has 118 heavy (non-hydrogen) atoms. The van der Waals surface area contributed by atoms with Crippen molar-refractivity contribution in [2.75, 3.05) is 59.4 Å². The molecule has 0 saturated carbocycles. The molecule has 1 fully saturated rings. The van der Waals surface area contributed by atoms with E-state index in [9.17, 15) is 28.8 Å². The minimum Gasteiger partial charge on any atom is -0.356 e. The average Bonchev–Trinajstić information content (AvgIpc) is 1.69. The van der Waals surface area contributed by atoms with Crippen LogP contribution in [0.15, 0.2) is 170 Å². The van der Waals surface area contributed by atoms with E-state index < -0.39 is 0 Å². The molecule has 0 bridgehead atoms. The predicted octanol–water partition coefficient (Wildman–Crippen LogP) is 12.5. The van der Waals surface area contributed by atoms with Crippen molar-refractivity contribution in [3.8, 4) is 0 Å². The first-order valence-electron chi connectivity index (χ1n) is 41.0. The van der Waals surface area contributed by atoms with Gasteiger partial charge in [-0.1, -0.05) is 137 Å². The zero-order valence-corrected chi connectivity index (χ0v) is 66.4. The maximum Gasteiger partial charge on any atom is 0.253 e. The lowest BCUT2D eigenvalue weighted by Gasteiger charge is -2.14. The van der Waals surface area contributed by atoms with Crippen molar-refractivity contribution in [3.63, 3.8) is 0 Å². The number of nitrogens with one attached hydrogen (secondary N) is 6. The number of nitrogens with zero attached hydrogens (tertiary/aromatic N) is 12. The fourth-order valence-corrected chi connectivity index (χ4v) is 16.8. The van der Waals surface area contributed by atoms with Crippen LogP contribution < -0.4 is 31.9 Å². The van der Waals surface area contributed by atoms with Crippen molar-refractivity contribution in [1.82, 2.24) is 84.6 Å². The first kappa shape index (κ1) is 81.9. The summed E-state index contributed by atoms with van der Waals surface area (Å²) in [6.07, 6.45) is 15.3. The summed E-state index contributed by atoms with van der Waals surface area (Å²) in [5.74, 6) is 4.94. The average molecular weight is 1590 g/mol. The van der Waals surface area contributed by atoms with Gasteiger partial charge in [-0.15, -0.1) is 0 Å². The Morgan fingerprint density at radius 1 is 0.398 bits per heavy atom. The van der Waals surface area contributed by atoms with E-state index in [0.717, 1.165) is 191 Å². The molecule has 608 valence electrons. The van der Waals surface area contributed by atoms with Gasteiger partial charge in [0.05, 0.1) is 83.0 Å². The van der Waals surface area contributed by atoms with Gasteiger partial charge in [-0.3, -0.25) is 33.7 Å². The smallest absolute Gasteiger partial charge is 0.253 e. The molecule has 13 aromatic rings. The summed E-state index contributed by atoms with van der Waals surface area (Å²) >= 11 is 0. The zero-order valence-electron chi connectivity index (χ0n) is 66.4. The molecule has 7 aliphatic rings. The van der Waals surface area contributed by atoms with Gasteiger partial charge < -0.3 is 54.7 Å². The Bertz CT molecular complexity index is 5950. The summed E-state index contributed by atoms with van der Waals surface area (Å²) in [6, 6.07) is 54.9. The van der Waals surface area contributed by atoms with Crippen molar-refractivity contribution >= 4 is 103 Å². The Hall–Kier alpha value is -12.7. The SMILES string of the molecule is C.C.CCc1ccc(CCc2nc3cccc4c3n2CCNC4=O)cc1.CCc1nc2cccc3c2n1CCNC3=O.C[N+]1=CCC=C1c1nc2cccc3c2n1CCNC3=O.Cc1ccc(CCNC(=O)CCc2nc3cccc4c3n2CCNC4=O)cc1.O=C1NCCn2c(CCc3ccc(CN4CCCC4)cc3)nc3cccc1c32. The van der Waals surface area contributed by atoms with E-state index in [2.05, 4.69) is 180 Å². The number of aryl methyl sites for hydroxylation is 8. The quantitative estimate of drug-likeness (QED) is 0.0465. The predicted molar refractivity (Wildman–Crippen MR) is 466 cm³/mol. The normalized spacial score (nSPS) is 15.0. The number of imidazole rings is 5. The van der Waals surface area contributed by atoms with Crippen LogP contribution in [0.1, 0.15) is 169 Å². The topological polar surface area (TPSA) is 270 Å². The summed E-state index contributed by atoms with van der Waals surface area (Å²) in [5.41, 5.74) is 21.8. The van der Waals surface area contributed by atoms with Crippen LogP contribution in [0.3, 0.4) is 0 Å².